The second-order valence-corrected chi connectivity index (χ2v) is 13.2. The van der Waals surface area contributed by atoms with Crippen LogP contribution < -0.4 is 14.7 Å². The molecule has 11 heteroatoms. The molecule has 8 nitrogen and oxygen atoms in total. The summed E-state index contributed by atoms with van der Waals surface area (Å²) >= 11 is 0. The summed E-state index contributed by atoms with van der Waals surface area (Å²) in [5.74, 6) is 3.25. The van der Waals surface area contributed by atoms with E-state index in [-0.39, 0.29) is 6.54 Å². The van der Waals surface area contributed by atoms with E-state index in [2.05, 4.69) is 44.9 Å². The number of aromatic nitrogens is 4. The maximum atomic E-state index is 13.9. The quantitative estimate of drug-likeness (QED) is 0.181. The van der Waals surface area contributed by atoms with E-state index >= 15 is 0 Å². The number of ether oxygens (including phenoxy) is 1. The van der Waals surface area contributed by atoms with E-state index in [0.717, 1.165) is 40.9 Å². The number of aryl methyl sites for hydroxylation is 2. The Morgan fingerprint density at radius 1 is 0.870 bits per heavy atom. The van der Waals surface area contributed by atoms with Crippen molar-refractivity contribution in [2.75, 3.05) is 54.1 Å². The fraction of sp³-hybridized carbons (Fsp3) is 0.486. The standard InChI is InChI=1S/C35H40F3N7O/c1-23-14-27(16-30(15-23)35(36,37)38)20-45(34-40-22-39-33(42-34)43-10-12-46-13-11-43)21-29-17-28-5-3-4-24(2)31(28)41-32(29)44(18-25-6-7-25)19-26-8-9-26/h3-5,14-17,22,25-26H,6-13,18-21H2,1-2H3. The van der Waals surface area contributed by atoms with Crippen LogP contribution in [-0.2, 0) is 24.0 Å². The number of nitrogens with zero attached hydrogens (tertiary/aromatic N) is 7. The van der Waals surface area contributed by atoms with E-state index in [1.807, 2.05) is 17.0 Å². The number of benzene rings is 2. The second kappa shape index (κ2) is 12.7. The summed E-state index contributed by atoms with van der Waals surface area (Å²) in [5, 5.41) is 1.04. The number of pyridine rings is 1. The average Bonchev–Trinajstić information content (AvgIpc) is 3.98. The number of halogens is 3. The Hall–Kier alpha value is -3.99. The van der Waals surface area contributed by atoms with Crippen LogP contribution in [0.5, 0.6) is 0 Å². The molecule has 0 unspecified atom stereocenters. The van der Waals surface area contributed by atoms with E-state index in [0.29, 0.717) is 67.7 Å². The van der Waals surface area contributed by atoms with E-state index < -0.39 is 11.7 Å². The Morgan fingerprint density at radius 3 is 2.30 bits per heavy atom. The molecule has 3 heterocycles. The Bertz CT molecular complexity index is 1690. The molecule has 7 rings (SSSR count). The van der Waals surface area contributed by atoms with Gasteiger partial charge in [0.15, 0.2) is 0 Å². The van der Waals surface area contributed by atoms with Crippen molar-refractivity contribution in [3.63, 3.8) is 0 Å². The zero-order valence-electron chi connectivity index (χ0n) is 26.4. The molecule has 1 saturated heterocycles. The molecule has 0 amide bonds. The number of hydrogen-bond donors (Lipinski definition) is 0. The summed E-state index contributed by atoms with van der Waals surface area (Å²) in [7, 11) is 0. The highest BCUT2D eigenvalue weighted by molar-refractivity contribution is 5.84. The predicted molar refractivity (Wildman–Crippen MR) is 173 cm³/mol. The summed E-state index contributed by atoms with van der Waals surface area (Å²) in [6.45, 7) is 8.76. The molecule has 2 aromatic heterocycles. The third-order valence-corrected chi connectivity index (χ3v) is 9.08. The van der Waals surface area contributed by atoms with E-state index in [9.17, 15) is 13.2 Å². The van der Waals surface area contributed by atoms with Crippen LogP contribution in [0.3, 0.4) is 0 Å². The van der Waals surface area contributed by atoms with Gasteiger partial charge in [0, 0.05) is 50.2 Å². The van der Waals surface area contributed by atoms with Crippen molar-refractivity contribution in [2.24, 2.45) is 11.8 Å². The van der Waals surface area contributed by atoms with Crippen molar-refractivity contribution in [1.82, 2.24) is 19.9 Å². The van der Waals surface area contributed by atoms with Crippen LogP contribution >= 0.6 is 0 Å². The number of fused-ring (bicyclic) bond motifs is 1. The first-order chi connectivity index (χ1) is 22.2. The molecule has 2 aromatic carbocycles. The molecule has 3 aliphatic rings. The summed E-state index contributed by atoms with van der Waals surface area (Å²) in [6, 6.07) is 12.6. The number of para-hydroxylation sites is 1. The first-order valence-corrected chi connectivity index (χ1v) is 16.3. The summed E-state index contributed by atoms with van der Waals surface area (Å²) < 4.78 is 47.2. The lowest BCUT2D eigenvalue weighted by Gasteiger charge is -2.30. The Labute approximate surface area is 267 Å². The highest BCUT2D eigenvalue weighted by Gasteiger charge is 2.33. The first kappa shape index (κ1) is 30.7. The lowest BCUT2D eigenvalue weighted by molar-refractivity contribution is -0.137. The number of anilines is 3. The molecule has 0 radical (unpaired) electrons. The van der Waals surface area contributed by atoms with Gasteiger partial charge in [0.05, 0.1) is 24.3 Å². The van der Waals surface area contributed by atoms with E-state index in [1.54, 1.807) is 6.92 Å². The molecule has 4 aromatic rings. The highest BCUT2D eigenvalue weighted by Crippen LogP contribution is 2.38. The smallest absolute Gasteiger partial charge is 0.378 e. The first-order valence-electron chi connectivity index (χ1n) is 16.3. The topological polar surface area (TPSA) is 70.5 Å². The van der Waals surface area contributed by atoms with Gasteiger partial charge in [-0.2, -0.15) is 18.2 Å². The zero-order chi connectivity index (χ0) is 31.8. The minimum absolute atomic E-state index is 0.188. The molecule has 1 aliphatic heterocycles. The fourth-order valence-electron chi connectivity index (χ4n) is 6.33. The molecule has 0 N–H and O–H groups in total. The Morgan fingerprint density at radius 2 is 1.61 bits per heavy atom. The second-order valence-electron chi connectivity index (χ2n) is 13.2. The minimum Gasteiger partial charge on any atom is -0.378 e. The highest BCUT2D eigenvalue weighted by atomic mass is 19.4. The molecule has 242 valence electrons. The predicted octanol–water partition coefficient (Wildman–Crippen LogP) is 6.73. The van der Waals surface area contributed by atoms with Crippen molar-refractivity contribution in [3.8, 4) is 0 Å². The number of alkyl halides is 3. The summed E-state index contributed by atoms with van der Waals surface area (Å²) in [6.07, 6.45) is 1.99. The van der Waals surface area contributed by atoms with E-state index in [4.69, 9.17) is 14.7 Å². The Balaban J connectivity index is 1.31. The van der Waals surface area contributed by atoms with Gasteiger partial charge in [0.2, 0.25) is 11.9 Å². The average molecular weight is 632 g/mol. The minimum atomic E-state index is -4.44. The van der Waals surface area contributed by atoms with Crippen LogP contribution in [0.15, 0.2) is 48.8 Å². The van der Waals surface area contributed by atoms with Gasteiger partial charge in [-0.25, -0.2) is 15.0 Å². The maximum Gasteiger partial charge on any atom is 0.416 e. The molecule has 2 saturated carbocycles. The van der Waals surface area contributed by atoms with Gasteiger partial charge in [0.1, 0.15) is 12.1 Å². The van der Waals surface area contributed by atoms with Gasteiger partial charge in [-0.3, -0.25) is 0 Å². The van der Waals surface area contributed by atoms with Crippen LogP contribution in [0, 0.1) is 25.7 Å². The summed E-state index contributed by atoms with van der Waals surface area (Å²) in [4.78, 5) is 25.7. The molecular formula is C35H40F3N7O. The lowest BCUT2D eigenvalue weighted by Crippen LogP contribution is -2.38. The third-order valence-electron chi connectivity index (χ3n) is 9.08. The molecule has 3 fully saturated rings. The Kier molecular flexibility index (Phi) is 8.44. The van der Waals surface area contributed by atoms with Gasteiger partial charge in [-0.15, -0.1) is 0 Å². The van der Waals surface area contributed by atoms with Crippen LogP contribution in [0.4, 0.5) is 30.9 Å². The van der Waals surface area contributed by atoms with Gasteiger partial charge < -0.3 is 19.4 Å². The van der Waals surface area contributed by atoms with Crippen molar-refractivity contribution < 1.29 is 17.9 Å². The molecule has 0 bridgehead atoms. The van der Waals surface area contributed by atoms with Crippen LogP contribution in [0.1, 0.15) is 53.5 Å². The van der Waals surface area contributed by atoms with Gasteiger partial charge >= 0.3 is 6.18 Å². The number of morpholine rings is 1. The van der Waals surface area contributed by atoms with E-state index in [1.165, 1.54) is 44.1 Å². The number of rotatable bonds is 11. The van der Waals surface area contributed by atoms with Crippen molar-refractivity contribution in [3.05, 3.63) is 76.6 Å². The largest absolute Gasteiger partial charge is 0.416 e. The summed E-state index contributed by atoms with van der Waals surface area (Å²) in [5.41, 5.74) is 3.55. The molecule has 0 atom stereocenters. The van der Waals surface area contributed by atoms with Gasteiger partial charge in [0.25, 0.3) is 0 Å². The molecular weight excluding hydrogens is 591 g/mol. The van der Waals surface area contributed by atoms with Crippen molar-refractivity contribution in [1.29, 1.82) is 0 Å². The number of hydrogen-bond acceptors (Lipinski definition) is 8. The molecule has 46 heavy (non-hydrogen) atoms. The van der Waals surface area contributed by atoms with Crippen molar-refractivity contribution >= 4 is 28.6 Å². The zero-order valence-corrected chi connectivity index (χ0v) is 26.4. The lowest BCUT2D eigenvalue weighted by atomic mass is 10.0. The van der Waals surface area contributed by atoms with Gasteiger partial charge in [-0.1, -0.05) is 29.8 Å². The van der Waals surface area contributed by atoms with Crippen LogP contribution in [0.2, 0.25) is 0 Å². The monoisotopic (exact) mass is 631 g/mol. The van der Waals surface area contributed by atoms with Gasteiger partial charge in [-0.05, 0) is 80.7 Å². The maximum absolute atomic E-state index is 13.9. The van der Waals surface area contributed by atoms with Crippen LogP contribution in [-0.4, -0.2) is 59.3 Å². The van der Waals surface area contributed by atoms with Crippen LogP contribution in [0.25, 0.3) is 10.9 Å². The SMILES string of the molecule is Cc1cc(CN(Cc2cc3cccc(C)c3nc2N(CC2CC2)CC2CC2)c2ncnc(N3CCOCC3)n2)cc(C(F)(F)F)c1. The molecule has 0 spiro atoms. The normalized spacial score (nSPS) is 17.0. The molecule has 2 aliphatic carbocycles. The van der Waals surface area contributed by atoms with Crippen molar-refractivity contribution in [2.45, 2.75) is 58.8 Å². The fourth-order valence-corrected chi connectivity index (χ4v) is 6.33. The third kappa shape index (κ3) is 7.19.